The number of hydrogen-bond acceptors (Lipinski definition) is 3. The molecule has 0 spiro atoms. The quantitative estimate of drug-likeness (QED) is 0.297. The van der Waals surface area contributed by atoms with Crippen LogP contribution in [0, 0.1) is 18.6 Å². The van der Waals surface area contributed by atoms with Gasteiger partial charge in [-0.2, -0.15) is 0 Å². The summed E-state index contributed by atoms with van der Waals surface area (Å²) in [5.41, 5.74) is 1.61. The summed E-state index contributed by atoms with van der Waals surface area (Å²) in [5, 5.41) is 11.0. The van der Waals surface area contributed by atoms with E-state index in [1.807, 2.05) is 0 Å². The van der Waals surface area contributed by atoms with Crippen LogP contribution in [0.5, 0.6) is 0 Å². The van der Waals surface area contributed by atoms with E-state index in [0.29, 0.717) is 11.1 Å². The summed E-state index contributed by atoms with van der Waals surface area (Å²) in [6, 6.07) is 15.7. The number of carbonyl (C=O) groups excluding carboxylic acids is 2. The number of hydrogen-bond donors (Lipinski definition) is 1. The van der Waals surface area contributed by atoms with Crippen molar-refractivity contribution < 1.29 is 23.5 Å². The lowest BCUT2D eigenvalue weighted by atomic mass is 9.92. The first kappa shape index (κ1) is 20.9. The molecule has 1 fully saturated rings. The number of carbonyl (C=O) groups is 2. The van der Waals surface area contributed by atoms with Gasteiger partial charge in [-0.1, -0.05) is 52.3 Å². The summed E-state index contributed by atoms with van der Waals surface area (Å²) in [5.74, 6) is -4.39. The molecule has 4 nitrogen and oxygen atoms in total. The number of rotatable bonds is 3. The minimum atomic E-state index is -1.14. The highest BCUT2D eigenvalue weighted by Crippen LogP contribution is 2.43. The van der Waals surface area contributed by atoms with Crippen LogP contribution in [0.25, 0.3) is 5.76 Å². The first-order chi connectivity index (χ1) is 14.8. The molecule has 1 aliphatic rings. The van der Waals surface area contributed by atoms with Crippen molar-refractivity contribution in [3.8, 4) is 0 Å². The number of aliphatic hydroxyl groups excluding tert-OH is 1. The second kappa shape index (κ2) is 8.07. The molecule has 1 unspecified atom stereocenters. The SMILES string of the molecule is Cc1ccccc1C1/C(=C(\O)c2ccc(Br)cc2)C(=O)C(=O)N1c1ccc(F)c(F)c1. The average molecular weight is 484 g/mol. The molecule has 0 radical (unpaired) electrons. The Kier molecular flexibility index (Phi) is 5.45. The number of benzene rings is 3. The first-order valence-corrected chi connectivity index (χ1v) is 10.2. The van der Waals surface area contributed by atoms with Crippen LogP contribution in [-0.4, -0.2) is 16.8 Å². The molecule has 1 heterocycles. The Morgan fingerprint density at radius 1 is 0.968 bits per heavy atom. The molecule has 0 aliphatic carbocycles. The Morgan fingerprint density at radius 2 is 1.65 bits per heavy atom. The van der Waals surface area contributed by atoms with E-state index < -0.39 is 29.4 Å². The zero-order valence-corrected chi connectivity index (χ0v) is 17.9. The van der Waals surface area contributed by atoms with Gasteiger partial charge in [-0.05, 0) is 42.3 Å². The zero-order valence-electron chi connectivity index (χ0n) is 16.3. The van der Waals surface area contributed by atoms with Crippen LogP contribution in [0.2, 0.25) is 0 Å². The lowest BCUT2D eigenvalue weighted by Crippen LogP contribution is -2.30. The maximum absolute atomic E-state index is 14.0. The van der Waals surface area contributed by atoms with E-state index >= 15 is 0 Å². The van der Waals surface area contributed by atoms with Gasteiger partial charge in [-0.25, -0.2) is 8.78 Å². The number of ketones is 1. The zero-order chi connectivity index (χ0) is 22.3. The van der Waals surface area contributed by atoms with Gasteiger partial charge in [-0.15, -0.1) is 0 Å². The third-order valence-corrected chi connectivity index (χ3v) is 5.76. The van der Waals surface area contributed by atoms with Gasteiger partial charge < -0.3 is 5.11 Å². The van der Waals surface area contributed by atoms with Crippen LogP contribution in [0.3, 0.4) is 0 Å². The van der Waals surface area contributed by atoms with Crippen molar-refractivity contribution in [3.05, 3.63) is 105 Å². The van der Waals surface area contributed by atoms with Crippen molar-refractivity contribution in [3.63, 3.8) is 0 Å². The number of amides is 1. The number of Topliss-reactive ketones (excluding diaryl/α,β-unsaturated/α-hetero) is 1. The average Bonchev–Trinajstić information content (AvgIpc) is 3.01. The molecule has 1 N–H and O–H groups in total. The van der Waals surface area contributed by atoms with E-state index in [2.05, 4.69) is 15.9 Å². The first-order valence-electron chi connectivity index (χ1n) is 9.37. The van der Waals surface area contributed by atoms with Gasteiger partial charge >= 0.3 is 0 Å². The molecule has 4 rings (SSSR count). The van der Waals surface area contributed by atoms with Gasteiger partial charge in [0.2, 0.25) is 0 Å². The highest BCUT2D eigenvalue weighted by atomic mass is 79.9. The van der Waals surface area contributed by atoms with Gasteiger partial charge in [0.05, 0.1) is 11.6 Å². The Bertz CT molecular complexity index is 1240. The Hall–Kier alpha value is -3.32. The van der Waals surface area contributed by atoms with Crippen LogP contribution < -0.4 is 4.90 Å². The minimum Gasteiger partial charge on any atom is -0.507 e. The standard InChI is InChI=1S/C24H16BrF2NO3/c1-13-4-2-3-5-17(13)21-20(22(29)14-6-8-15(25)9-7-14)23(30)24(31)28(21)16-10-11-18(26)19(27)12-16/h2-12,21,29H,1H3/b22-20+. The molecule has 1 saturated heterocycles. The highest BCUT2D eigenvalue weighted by Gasteiger charge is 2.47. The molecule has 156 valence electrons. The number of halogens is 3. The van der Waals surface area contributed by atoms with Gasteiger partial charge in [0.15, 0.2) is 11.6 Å². The molecule has 7 heteroatoms. The fourth-order valence-corrected chi connectivity index (χ4v) is 3.95. The summed E-state index contributed by atoms with van der Waals surface area (Å²) in [7, 11) is 0. The largest absolute Gasteiger partial charge is 0.507 e. The summed E-state index contributed by atoms with van der Waals surface area (Å²) in [4.78, 5) is 27.1. The maximum Gasteiger partial charge on any atom is 0.300 e. The van der Waals surface area contributed by atoms with Crippen LogP contribution in [0.4, 0.5) is 14.5 Å². The second-order valence-corrected chi connectivity index (χ2v) is 8.05. The summed E-state index contributed by atoms with van der Waals surface area (Å²) >= 11 is 3.32. The molecule has 31 heavy (non-hydrogen) atoms. The third-order valence-electron chi connectivity index (χ3n) is 5.23. The molecule has 0 saturated carbocycles. The second-order valence-electron chi connectivity index (χ2n) is 7.13. The van der Waals surface area contributed by atoms with Gasteiger partial charge in [0.1, 0.15) is 5.76 Å². The number of nitrogens with zero attached hydrogens (tertiary/aromatic N) is 1. The van der Waals surface area contributed by atoms with E-state index in [1.54, 1.807) is 55.5 Å². The topological polar surface area (TPSA) is 57.6 Å². The van der Waals surface area contributed by atoms with Crippen molar-refractivity contribution >= 4 is 39.1 Å². The smallest absolute Gasteiger partial charge is 0.300 e. The molecular weight excluding hydrogens is 468 g/mol. The van der Waals surface area contributed by atoms with Crippen LogP contribution in [-0.2, 0) is 9.59 Å². The number of anilines is 1. The van der Waals surface area contributed by atoms with Crippen molar-refractivity contribution in [2.24, 2.45) is 0 Å². The molecule has 0 aromatic heterocycles. The molecule has 1 amide bonds. The van der Waals surface area contributed by atoms with E-state index in [4.69, 9.17) is 0 Å². The molecular formula is C24H16BrF2NO3. The minimum absolute atomic E-state index is 0.0177. The van der Waals surface area contributed by atoms with Crippen LogP contribution in [0.15, 0.2) is 76.8 Å². The van der Waals surface area contributed by atoms with Gasteiger partial charge in [0.25, 0.3) is 11.7 Å². The molecule has 1 atom stereocenters. The number of aryl methyl sites for hydroxylation is 1. The van der Waals surface area contributed by atoms with Crippen molar-refractivity contribution in [2.75, 3.05) is 4.90 Å². The summed E-state index contributed by atoms with van der Waals surface area (Å²) in [6.45, 7) is 1.81. The highest BCUT2D eigenvalue weighted by molar-refractivity contribution is 9.10. The van der Waals surface area contributed by atoms with E-state index in [9.17, 15) is 23.5 Å². The fourth-order valence-electron chi connectivity index (χ4n) is 3.68. The third kappa shape index (κ3) is 3.65. The van der Waals surface area contributed by atoms with E-state index in [0.717, 1.165) is 27.1 Å². The normalized spacial score (nSPS) is 17.9. The van der Waals surface area contributed by atoms with Crippen molar-refractivity contribution in [1.82, 2.24) is 0 Å². The Balaban J connectivity index is 1.98. The van der Waals surface area contributed by atoms with Gasteiger partial charge in [-0.3, -0.25) is 14.5 Å². The molecule has 3 aromatic rings. The summed E-state index contributed by atoms with van der Waals surface area (Å²) < 4.78 is 28.2. The molecule has 3 aromatic carbocycles. The fraction of sp³-hybridized carbons (Fsp3) is 0.0833. The van der Waals surface area contributed by atoms with Crippen molar-refractivity contribution in [1.29, 1.82) is 0 Å². The van der Waals surface area contributed by atoms with Crippen molar-refractivity contribution in [2.45, 2.75) is 13.0 Å². The van der Waals surface area contributed by atoms with Crippen LogP contribution >= 0.6 is 15.9 Å². The maximum atomic E-state index is 14.0. The monoisotopic (exact) mass is 483 g/mol. The predicted molar refractivity (Wildman–Crippen MR) is 116 cm³/mol. The molecule has 1 aliphatic heterocycles. The van der Waals surface area contributed by atoms with E-state index in [1.165, 1.54) is 6.07 Å². The lowest BCUT2D eigenvalue weighted by molar-refractivity contribution is -0.132. The predicted octanol–water partition coefficient (Wildman–Crippen LogP) is 5.66. The number of aliphatic hydroxyl groups is 1. The summed E-state index contributed by atoms with van der Waals surface area (Å²) in [6.07, 6.45) is 0. The van der Waals surface area contributed by atoms with Crippen LogP contribution in [0.1, 0.15) is 22.7 Å². The van der Waals surface area contributed by atoms with E-state index in [-0.39, 0.29) is 17.0 Å². The van der Waals surface area contributed by atoms with Gasteiger partial charge in [0, 0.05) is 21.8 Å². The Morgan fingerprint density at radius 3 is 2.29 bits per heavy atom. The molecule has 0 bridgehead atoms. The lowest BCUT2D eigenvalue weighted by Gasteiger charge is -2.26. The Labute approximate surface area is 185 Å².